The molecule has 19 heavy (non-hydrogen) atoms. The molecule has 0 unspecified atom stereocenters. The first kappa shape index (κ1) is 12.4. The van der Waals surface area contributed by atoms with Gasteiger partial charge in [-0.2, -0.15) is 0 Å². The SMILES string of the molecule is Cc1noc(-c2ccc(-c3ccccc3)cc2)c1I. The molecule has 0 bridgehead atoms. The van der Waals surface area contributed by atoms with Gasteiger partial charge in [-0.05, 0) is 40.6 Å². The highest BCUT2D eigenvalue weighted by Gasteiger charge is 2.11. The van der Waals surface area contributed by atoms with Crippen molar-refractivity contribution in [2.45, 2.75) is 6.92 Å². The average molecular weight is 361 g/mol. The van der Waals surface area contributed by atoms with E-state index < -0.39 is 0 Å². The number of aromatic nitrogens is 1. The topological polar surface area (TPSA) is 26.0 Å². The Balaban J connectivity index is 1.98. The fraction of sp³-hybridized carbons (Fsp3) is 0.0625. The first-order valence-corrected chi connectivity index (χ1v) is 7.11. The van der Waals surface area contributed by atoms with Crippen LogP contribution in [0.4, 0.5) is 0 Å². The Kier molecular flexibility index (Phi) is 3.38. The van der Waals surface area contributed by atoms with Crippen LogP contribution >= 0.6 is 22.6 Å². The molecule has 0 fully saturated rings. The van der Waals surface area contributed by atoms with Crippen LogP contribution < -0.4 is 0 Å². The summed E-state index contributed by atoms with van der Waals surface area (Å²) in [6.45, 7) is 1.95. The van der Waals surface area contributed by atoms with Crippen LogP contribution in [0.1, 0.15) is 5.69 Å². The minimum Gasteiger partial charge on any atom is -0.355 e. The van der Waals surface area contributed by atoms with Crippen molar-refractivity contribution < 1.29 is 4.52 Å². The minimum atomic E-state index is 0.845. The number of rotatable bonds is 2. The summed E-state index contributed by atoms with van der Waals surface area (Å²) in [6, 6.07) is 18.7. The van der Waals surface area contributed by atoms with E-state index in [0.29, 0.717) is 0 Å². The molecule has 0 N–H and O–H groups in total. The lowest BCUT2D eigenvalue weighted by Gasteiger charge is -2.02. The zero-order valence-corrected chi connectivity index (χ0v) is 12.6. The number of benzene rings is 2. The molecule has 3 heteroatoms. The molecule has 0 aliphatic carbocycles. The molecule has 1 heterocycles. The summed E-state index contributed by atoms with van der Waals surface area (Å²) >= 11 is 2.27. The number of halogens is 1. The van der Waals surface area contributed by atoms with E-state index in [-0.39, 0.29) is 0 Å². The van der Waals surface area contributed by atoms with Gasteiger partial charge >= 0.3 is 0 Å². The molecule has 0 saturated carbocycles. The zero-order chi connectivity index (χ0) is 13.2. The average Bonchev–Trinajstić information content (AvgIpc) is 2.80. The molecular formula is C16H12INO. The van der Waals surface area contributed by atoms with Crippen molar-refractivity contribution in [3.05, 3.63) is 63.9 Å². The Labute approximate surface area is 125 Å². The van der Waals surface area contributed by atoms with Gasteiger partial charge in [-0.15, -0.1) is 0 Å². The maximum absolute atomic E-state index is 5.37. The van der Waals surface area contributed by atoms with Crippen LogP contribution in [0, 0.1) is 10.5 Å². The van der Waals surface area contributed by atoms with Gasteiger partial charge in [-0.1, -0.05) is 59.8 Å². The van der Waals surface area contributed by atoms with Crippen molar-refractivity contribution in [2.24, 2.45) is 0 Å². The number of hydrogen-bond acceptors (Lipinski definition) is 2. The van der Waals surface area contributed by atoms with Crippen molar-refractivity contribution >= 4 is 22.6 Å². The van der Waals surface area contributed by atoms with Crippen molar-refractivity contribution in [3.8, 4) is 22.5 Å². The maximum atomic E-state index is 5.37. The third-order valence-corrected chi connectivity index (χ3v) is 4.32. The van der Waals surface area contributed by atoms with Gasteiger partial charge in [-0.3, -0.25) is 0 Å². The predicted molar refractivity (Wildman–Crippen MR) is 84.8 cm³/mol. The third kappa shape index (κ3) is 2.42. The maximum Gasteiger partial charge on any atom is 0.180 e. The fourth-order valence-corrected chi connectivity index (χ4v) is 2.49. The summed E-state index contributed by atoms with van der Waals surface area (Å²) in [5.41, 5.74) is 4.42. The van der Waals surface area contributed by atoms with Crippen LogP contribution in [0.25, 0.3) is 22.5 Å². The summed E-state index contributed by atoms with van der Waals surface area (Å²) in [6.07, 6.45) is 0. The van der Waals surface area contributed by atoms with E-state index in [9.17, 15) is 0 Å². The second-order valence-electron chi connectivity index (χ2n) is 4.35. The Hall–Kier alpha value is -1.62. The lowest BCUT2D eigenvalue weighted by molar-refractivity contribution is 0.427. The quantitative estimate of drug-likeness (QED) is 0.606. The van der Waals surface area contributed by atoms with Gasteiger partial charge in [0, 0.05) is 5.56 Å². The Morgan fingerprint density at radius 1 is 0.842 bits per heavy atom. The van der Waals surface area contributed by atoms with Crippen molar-refractivity contribution in [3.63, 3.8) is 0 Å². The third-order valence-electron chi connectivity index (χ3n) is 3.05. The van der Waals surface area contributed by atoms with Crippen molar-refractivity contribution in [1.82, 2.24) is 5.16 Å². The highest BCUT2D eigenvalue weighted by atomic mass is 127. The summed E-state index contributed by atoms with van der Waals surface area (Å²) < 4.78 is 6.44. The second kappa shape index (κ2) is 5.17. The molecule has 2 nitrogen and oxygen atoms in total. The van der Waals surface area contributed by atoms with Crippen LogP contribution in [0.5, 0.6) is 0 Å². The van der Waals surface area contributed by atoms with Gasteiger partial charge in [0.1, 0.15) is 0 Å². The molecule has 94 valence electrons. The number of nitrogens with zero attached hydrogens (tertiary/aromatic N) is 1. The smallest absolute Gasteiger partial charge is 0.180 e. The highest BCUT2D eigenvalue weighted by Crippen LogP contribution is 2.29. The summed E-state index contributed by atoms with van der Waals surface area (Å²) in [5, 5.41) is 3.99. The van der Waals surface area contributed by atoms with Gasteiger partial charge in [0.15, 0.2) is 5.76 Å². The van der Waals surface area contributed by atoms with E-state index in [1.165, 1.54) is 11.1 Å². The lowest BCUT2D eigenvalue weighted by Crippen LogP contribution is -1.81. The minimum absolute atomic E-state index is 0.845. The molecule has 0 aliphatic rings. The molecule has 3 aromatic rings. The van der Waals surface area contributed by atoms with Crippen LogP contribution in [0.15, 0.2) is 59.1 Å². The summed E-state index contributed by atoms with van der Waals surface area (Å²) in [4.78, 5) is 0. The van der Waals surface area contributed by atoms with E-state index in [0.717, 1.165) is 20.6 Å². The lowest BCUT2D eigenvalue weighted by atomic mass is 10.0. The summed E-state index contributed by atoms with van der Waals surface area (Å²) in [5.74, 6) is 0.845. The van der Waals surface area contributed by atoms with E-state index in [4.69, 9.17) is 4.52 Å². The molecule has 1 aromatic heterocycles. The molecule has 0 atom stereocenters. The van der Waals surface area contributed by atoms with E-state index >= 15 is 0 Å². The molecule has 3 rings (SSSR count). The highest BCUT2D eigenvalue weighted by molar-refractivity contribution is 14.1. The molecule has 0 saturated heterocycles. The first-order valence-electron chi connectivity index (χ1n) is 6.03. The second-order valence-corrected chi connectivity index (χ2v) is 5.43. The number of hydrogen-bond donors (Lipinski definition) is 0. The van der Waals surface area contributed by atoms with Crippen molar-refractivity contribution in [1.29, 1.82) is 0 Å². The molecule has 0 radical (unpaired) electrons. The molecule has 2 aromatic carbocycles. The predicted octanol–water partition coefficient (Wildman–Crippen LogP) is 4.92. The van der Waals surface area contributed by atoms with Crippen molar-refractivity contribution in [2.75, 3.05) is 0 Å². The largest absolute Gasteiger partial charge is 0.355 e. The molecule has 0 aliphatic heterocycles. The van der Waals surface area contributed by atoms with Gasteiger partial charge < -0.3 is 4.52 Å². The van der Waals surface area contributed by atoms with E-state index in [1.807, 2.05) is 25.1 Å². The molecule has 0 amide bonds. The Morgan fingerprint density at radius 2 is 1.42 bits per heavy atom. The first-order chi connectivity index (χ1) is 9.25. The normalized spacial score (nSPS) is 10.6. The number of aryl methyl sites for hydroxylation is 1. The zero-order valence-electron chi connectivity index (χ0n) is 10.4. The summed E-state index contributed by atoms with van der Waals surface area (Å²) in [7, 11) is 0. The van der Waals surface area contributed by atoms with Crippen LogP contribution in [-0.4, -0.2) is 5.16 Å². The fourth-order valence-electron chi connectivity index (χ4n) is 1.98. The van der Waals surface area contributed by atoms with Crippen LogP contribution in [0.2, 0.25) is 0 Å². The Morgan fingerprint density at radius 3 is 2.00 bits per heavy atom. The van der Waals surface area contributed by atoms with E-state index in [1.54, 1.807) is 0 Å². The van der Waals surface area contributed by atoms with Gasteiger partial charge in [0.05, 0.1) is 9.26 Å². The van der Waals surface area contributed by atoms with E-state index in [2.05, 4.69) is 64.1 Å². The van der Waals surface area contributed by atoms with Gasteiger partial charge in [-0.25, -0.2) is 0 Å². The van der Waals surface area contributed by atoms with Gasteiger partial charge in [0.2, 0.25) is 0 Å². The standard InChI is InChI=1S/C16H12INO/c1-11-15(17)16(19-18-11)14-9-7-13(8-10-14)12-5-3-2-4-6-12/h2-10H,1H3. The Bertz CT molecular complexity index is 687. The molecular weight excluding hydrogens is 349 g/mol. The van der Waals surface area contributed by atoms with Crippen LogP contribution in [-0.2, 0) is 0 Å². The molecule has 0 spiro atoms. The van der Waals surface area contributed by atoms with Crippen LogP contribution in [0.3, 0.4) is 0 Å². The monoisotopic (exact) mass is 361 g/mol. The van der Waals surface area contributed by atoms with Gasteiger partial charge in [0.25, 0.3) is 0 Å².